The molecule has 19 heavy (non-hydrogen) atoms. The van der Waals surface area contributed by atoms with Gasteiger partial charge in [0, 0.05) is 12.6 Å². The van der Waals surface area contributed by atoms with Crippen molar-refractivity contribution in [1.29, 1.82) is 0 Å². The largest absolute Gasteiger partial charge is 0.313 e. The Morgan fingerprint density at radius 1 is 1.16 bits per heavy atom. The van der Waals surface area contributed by atoms with Crippen LogP contribution < -0.4 is 5.32 Å². The molecule has 1 saturated carbocycles. The van der Waals surface area contributed by atoms with Crippen LogP contribution in [-0.2, 0) is 12.8 Å². The van der Waals surface area contributed by atoms with Crippen molar-refractivity contribution in [3.8, 4) is 0 Å². The Labute approximate surface area is 117 Å². The first-order valence-electron chi connectivity index (χ1n) is 8.11. The number of hydrogen-bond donors (Lipinski definition) is 1. The molecule has 0 spiro atoms. The molecule has 0 aliphatic heterocycles. The molecular formula is C18H27N. The predicted molar refractivity (Wildman–Crippen MR) is 81.4 cm³/mol. The second kappa shape index (κ2) is 5.66. The molecule has 1 unspecified atom stereocenters. The van der Waals surface area contributed by atoms with Crippen molar-refractivity contribution in [2.75, 3.05) is 6.54 Å². The highest BCUT2D eigenvalue weighted by molar-refractivity contribution is 5.30. The van der Waals surface area contributed by atoms with E-state index in [-0.39, 0.29) is 0 Å². The molecule has 2 aliphatic rings. The second-order valence-electron chi connectivity index (χ2n) is 6.65. The standard InChI is InChI=1S/C18H27N/c1-2-18(11-5-6-12-18)14-19-17-10-9-15-7-3-4-8-16(15)13-17/h3-4,7-8,17,19H,2,5-6,9-14H2,1H3. The fraction of sp³-hybridized carbons (Fsp3) is 0.667. The van der Waals surface area contributed by atoms with E-state index in [1.807, 2.05) is 0 Å². The molecule has 1 atom stereocenters. The molecule has 0 radical (unpaired) electrons. The summed E-state index contributed by atoms with van der Waals surface area (Å²) in [6.07, 6.45) is 10.9. The smallest absolute Gasteiger partial charge is 0.0111 e. The van der Waals surface area contributed by atoms with E-state index in [9.17, 15) is 0 Å². The Morgan fingerprint density at radius 3 is 2.63 bits per heavy atom. The van der Waals surface area contributed by atoms with E-state index in [1.54, 1.807) is 11.1 Å². The first-order valence-corrected chi connectivity index (χ1v) is 8.11. The van der Waals surface area contributed by atoms with Crippen molar-refractivity contribution in [1.82, 2.24) is 5.32 Å². The molecule has 1 nitrogen and oxygen atoms in total. The van der Waals surface area contributed by atoms with Gasteiger partial charge in [-0.2, -0.15) is 0 Å². The van der Waals surface area contributed by atoms with Gasteiger partial charge in [-0.1, -0.05) is 44.0 Å². The van der Waals surface area contributed by atoms with Crippen LogP contribution in [0.2, 0.25) is 0 Å². The number of hydrogen-bond acceptors (Lipinski definition) is 1. The van der Waals surface area contributed by atoms with Gasteiger partial charge in [0.2, 0.25) is 0 Å². The summed E-state index contributed by atoms with van der Waals surface area (Å²) in [6, 6.07) is 9.69. The second-order valence-corrected chi connectivity index (χ2v) is 6.65. The first kappa shape index (κ1) is 13.2. The Morgan fingerprint density at radius 2 is 1.89 bits per heavy atom. The van der Waals surface area contributed by atoms with Crippen LogP contribution in [0.4, 0.5) is 0 Å². The maximum atomic E-state index is 3.90. The van der Waals surface area contributed by atoms with Crippen LogP contribution in [0, 0.1) is 5.41 Å². The van der Waals surface area contributed by atoms with Gasteiger partial charge < -0.3 is 5.32 Å². The molecule has 0 heterocycles. The maximum absolute atomic E-state index is 3.90. The van der Waals surface area contributed by atoms with Gasteiger partial charge in [0.25, 0.3) is 0 Å². The van der Waals surface area contributed by atoms with Crippen molar-refractivity contribution >= 4 is 0 Å². The van der Waals surface area contributed by atoms with Crippen molar-refractivity contribution in [2.45, 2.75) is 64.3 Å². The minimum Gasteiger partial charge on any atom is -0.313 e. The quantitative estimate of drug-likeness (QED) is 0.856. The molecule has 1 heteroatoms. The van der Waals surface area contributed by atoms with E-state index in [2.05, 4.69) is 36.5 Å². The van der Waals surface area contributed by atoms with Gasteiger partial charge in [0.15, 0.2) is 0 Å². The Bertz CT molecular complexity index is 417. The fourth-order valence-electron chi connectivity index (χ4n) is 4.01. The molecular weight excluding hydrogens is 230 g/mol. The minimum atomic E-state index is 0.622. The average Bonchev–Trinajstić information content (AvgIpc) is 2.94. The van der Waals surface area contributed by atoms with Crippen LogP contribution in [0.5, 0.6) is 0 Å². The van der Waals surface area contributed by atoms with E-state index < -0.39 is 0 Å². The molecule has 0 amide bonds. The molecule has 1 aromatic carbocycles. The van der Waals surface area contributed by atoms with E-state index in [0.29, 0.717) is 11.5 Å². The summed E-state index contributed by atoms with van der Waals surface area (Å²) in [5, 5.41) is 3.90. The van der Waals surface area contributed by atoms with Crippen LogP contribution in [0.3, 0.4) is 0 Å². The Hall–Kier alpha value is -0.820. The van der Waals surface area contributed by atoms with Gasteiger partial charge >= 0.3 is 0 Å². The third-order valence-electron chi connectivity index (χ3n) is 5.53. The Balaban J connectivity index is 1.57. The molecule has 104 valence electrons. The van der Waals surface area contributed by atoms with Crippen LogP contribution in [-0.4, -0.2) is 12.6 Å². The van der Waals surface area contributed by atoms with Gasteiger partial charge in [0.1, 0.15) is 0 Å². The lowest BCUT2D eigenvalue weighted by Gasteiger charge is -2.32. The number of fused-ring (bicyclic) bond motifs is 1. The summed E-state index contributed by atoms with van der Waals surface area (Å²) in [7, 11) is 0. The van der Waals surface area contributed by atoms with E-state index in [0.717, 1.165) is 0 Å². The fourth-order valence-corrected chi connectivity index (χ4v) is 4.01. The van der Waals surface area contributed by atoms with E-state index >= 15 is 0 Å². The highest BCUT2D eigenvalue weighted by Gasteiger charge is 2.32. The summed E-state index contributed by atoms with van der Waals surface area (Å²) in [5.74, 6) is 0. The van der Waals surface area contributed by atoms with Gasteiger partial charge in [-0.05, 0) is 55.1 Å². The van der Waals surface area contributed by atoms with E-state index in [4.69, 9.17) is 0 Å². The lowest BCUT2D eigenvalue weighted by atomic mass is 9.82. The summed E-state index contributed by atoms with van der Waals surface area (Å²) in [6.45, 7) is 3.62. The highest BCUT2D eigenvalue weighted by atomic mass is 14.9. The van der Waals surface area contributed by atoms with Crippen molar-refractivity contribution in [2.24, 2.45) is 5.41 Å². The monoisotopic (exact) mass is 257 g/mol. The zero-order chi connectivity index (χ0) is 13.1. The van der Waals surface area contributed by atoms with Crippen LogP contribution in [0.15, 0.2) is 24.3 Å². The maximum Gasteiger partial charge on any atom is 0.0111 e. The normalized spacial score (nSPS) is 25.2. The zero-order valence-electron chi connectivity index (χ0n) is 12.3. The van der Waals surface area contributed by atoms with Gasteiger partial charge in [-0.15, -0.1) is 0 Å². The average molecular weight is 257 g/mol. The molecule has 1 fully saturated rings. The van der Waals surface area contributed by atoms with Gasteiger partial charge in [-0.25, -0.2) is 0 Å². The number of aryl methyl sites for hydroxylation is 1. The first-order chi connectivity index (χ1) is 9.31. The molecule has 0 saturated heterocycles. The summed E-state index contributed by atoms with van der Waals surface area (Å²) < 4.78 is 0. The molecule has 2 aliphatic carbocycles. The van der Waals surface area contributed by atoms with Gasteiger partial charge in [-0.3, -0.25) is 0 Å². The zero-order valence-corrected chi connectivity index (χ0v) is 12.3. The Kier molecular flexibility index (Phi) is 3.93. The molecule has 0 aromatic heterocycles. The SMILES string of the molecule is CCC1(CNC2CCc3ccccc3C2)CCCC1. The van der Waals surface area contributed by atoms with Crippen molar-refractivity contribution in [3.63, 3.8) is 0 Å². The summed E-state index contributed by atoms with van der Waals surface area (Å²) in [5.41, 5.74) is 3.77. The molecule has 1 aromatic rings. The molecule has 3 rings (SSSR count). The molecule has 1 N–H and O–H groups in total. The van der Waals surface area contributed by atoms with Crippen molar-refractivity contribution < 1.29 is 0 Å². The van der Waals surface area contributed by atoms with Crippen molar-refractivity contribution in [3.05, 3.63) is 35.4 Å². The van der Waals surface area contributed by atoms with Crippen LogP contribution in [0.25, 0.3) is 0 Å². The van der Waals surface area contributed by atoms with Crippen LogP contribution in [0.1, 0.15) is 56.6 Å². The van der Waals surface area contributed by atoms with E-state index in [1.165, 1.54) is 57.9 Å². The number of rotatable bonds is 4. The third kappa shape index (κ3) is 2.86. The summed E-state index contributed by atoms with van der Waals surface area (Å²) >= 11 is 0. The van der Waals surface area contributed by atoms with Gasteiger partial charge in [0.05, 0.1) is 0 Å². The number of nitrogens with one attached hydrogen (secondary N) is 1. The predicted octanol–water partition coefficient (Wildman–Crippen LogP) is 4.10. The highest BCUT2D eigenvalue weighted by Crippen LogP contribution is 2.40. The lowest BCUT2D eigenvalue weighted by Crippen LogP contribution is -2.41. The minimum absolute atomic E-state index is 0.622. The lowest BCUT2D eigenvalue weighted by molar-refractivity contribution is 0.250. The number of benzene rings is 1. The van der Waals surface area contributed by atoms with Crippen LogP contribution >= 0.6 is 0 Å². The molecule has 0 bridgehead atoms. The third-order valence-corrected chi connectivity index (χ3v) is 5.53. The summed E-state index contributed by atoms with van der Waals surface area (Å²) in [4.78, 5) is 0. The topological polar surface area (TPSA) is 12.0 Å².